The zero-order valence-corrected chi connectivity index (χ0v) is 12.6. The van der Waals surface area contributed by atoms with Crippen LogP contribution >= 0.6 is 0 Å². The second-order valence-corrected chi connectivity index (χ2v) is 4.65. The molecule has 0 spiro atoms. The fourth-order valence-corrected chi connectivity index (χ4v) is 1.85. The Bertz CT molecular complexity index is 706. The Morgan fingerprint density at radius 3 is 2.30 bits per heavy atom. The van der Waals surface area contributed by atoms with Crippen LogP contribution in [0, 0.1) is 5.82 Å². The SMILES string of the molecule is CCOc1ccc(C(=O)/C=C\C(=O)Nc2ccc(F)cc2)cc1. The van der Waals surface area contributed by atoms with Gasteiger partial charge < -0.3 is 10.1 Å². The number of hydrogen-bond donors (Lipinski definition) is 1. The van der Waals surface area contributed by atoms with E-state index in [4.69, 9.17) is 4.74 Å². The van der Waals surface area contributed by atoms with Crippen LogP contribution in [0.3, 0.4) is 0 Å². The minimum atomic E-state index is -0.462. The predicted octanol–water partition coefficient (Wildman–Crippen LogP) is 3.60. The predicted molar refractivity (Wildman–Crippen MR) is 86.1 cm³/mol. The third-order valence-electron chi connectivity index (χ3n) is 2.95. The van der Waals surface area contributed by atoms with Crippen molar-refractivity contribution in [3.63, 3.8) is 0 Å². The molecule has 0 unspecified atom stereocenters. The summed E-state index contributed by atoms with van der Waals surface area (Å²) in [5.41, 5.74) is 0.911. The van der Waals surface area contributed by atoms with Crippen LogP contribution in [0.1, 0.15) is 17.3 Å². The van der Waals surface area contributed by atoms with Crippen molar-refractivity contribution in [2.24, 2.45) is 0 Å². The molecule has 0 fully saturated rings. The van der Waals surface area contributed by atoms with Crippen molar-refractivity contribution in [3.8, 4) is 5.75 Å². The summed E-state index contributed by atoms with van der Waals surface area (Å²) >= 11 is 0. The molecule has 23 heavy (non-hydrogen) atoms. The zero-order valence-electron chi connectivity index (χ0n) is 12.6. The number of anilines is 1. The summed E-state index contributed by atoms with van der Waals surface area (Å²) in [6.45, 7) is 2.43. The van der Waals surface area contributed by atoms with Crippen LogP contribution in [-0.2, 0) is 4.79 Å². The van der Waals surface area contributed by atoms with E-state index in [-0.39, 0.29) is 11.6 Å². The van der Waals surface area contributed by atoms with Gasteiger partial charge in [-0.15, -0.1) is 0 Å². The van der Waals surface area contributed by atoms with E-state index in [1.54, 1.807) is 24.3 Å². The van der Waals surface area contributed by atoms with Gasteiger partial charge in [-0.3, -0.25) is 9.59 Å². The van der Waals surface area contributed by atoms with Gasteiger partial charge in [0.1, 0.15) is 11.6 Å². The number of ether oxygens (including phenoxy) is 1. The van der Waals surface area contributed by atoms with Gasteiger partial charge >= 0.3 is 0 Å². The maximum atomic E-state index is 12.8. The molecule has 0 aliphatic rings. The van der Waals surface area contributed by atoms with E-state index >= 15 is 0 Å². The molecule has 1 amide bonds. The highest BCUT2D eigenvalue weighted by Gasteiger charge is 2.04. The Hall–Kier alpha value is -2.95. The molecule has 2 aromatic rings. The molecule has 2 aromatic carbocycles. The average molecular weight is 313 g/mol. The van der Waals surface area contributed by atoms with Gasteiger partial charge in [0.05, 0.1) is 6.61 Å². The second-order valence-electron chi connectivity index (χ2n) is 4.65. The molecule has 0 radical (unpaired) electrons. The van der Waals surface area contributed by atoms with Crippen molar-refractivity contribution in [1.29, 1.82) is 0 Å². The van der Waals surface area contributed by atoms with Crippen LogP contribution < -0.4 is 10.1 Å². The molecule has 5 heteroatoms. The van der Waals surface area contributed by atoms with Crippen molar-refractivity contribution in [1.82, 2.24) is 0 Å². The van der Waals surface area contributed by atoms with Crippen LogP contribution in [0.5, 0.6) is 5.75 Å². The Balaban J connectivity index is 1.94. The Kier molecular flexibility index (Phi) is 5.63. The summed E-state index contributed by atoms with van der Waals surface area (Å²) in [4.78, 5) is 23.7. The fraction of sp³-hybridized carbons (Fsp3) is 0.111. The molecule has 0 heterocycles. The van der Waals surface area contributed by atoms with Crippen molar-refractivity contribution < 1.29 is 18.7 Å². The van der Waals surface area contributed by atoms with Crippen molar-refractivity contribution >= 4 is 17.4 Å². The maximum absolute atomic E-state index is 12.8. The lowest BCUT2D eigenvalue weighted by molar-refractivity contribution is -0.111. The zero-order chi connectivity index (χ0) is 16.7. The third kappa shape index (κ3) is 5.07. The molecule has 0 aliphatic heterocycles. The molecule has 0 bridgehead atoms. The molecular formula is C18H16FNO3. The number of halogens is 1. The molecule has 0 aromatic heterocycles. The number of nitrogens with one attached hydrogen (secondary N) is 1. The second kappa shape index (κ2) is 7.89. The average Bonchev–Trinajstić information content (AvgIpc) is 2.56. The first-order chi connectivity index (χ1) is 11.1. The molecule has 0 saturated carbocycles. The van der Waals surface area contributed by atoms with E-state index in [9.17, 15) is 14.0 Å². The lowest BCUT2D eigenvalue weighted by Crippen LogP contribution is -2.08. The van der Waals surface area contributed by atoms with Gasteiger partial charge in [-0.05, 0) is 61.5 Å². The van der Waals surface area contributed by atoms with Crippen molar-refractivity contribution in [3.05, 3.63) is 72.1 Å². The fourth-order valence-electron chi connectivity index (χ4n) is 1.85. The van der Waals surface area contributed by atoms with Gasteiger partial charge in [0, 0.05) is 17.3 Å². The topological polar surface area (TPSA) is 55.4 Å². The van der Waals surface area contributed by atoms with E-state index < -0.39 is 5.91 Å². The Morgan fingerprint density at radius 2 is 1.70 bits per heavy atom. The number of carbonyl (C=O) groups excluding carboxylic acids is 2. The highest BCUT2D eigenvalue weighted by molar-refractivity contribution is 6.09. The molecule has 0 aliphatic carbocycles. The smallest absolute Gasteiger partial charge is 0.248 e. The third-order valence-corrected chi connectivity index (χ3v) is 2.95. The monoisotopic (exact) mass is 313 g/mol. The van der Waals surface area contributed by atoms with Gasteiger partial charge in [-0.1, -0.05) is 0 Å². The van der Waals surface area contributed by atoms with E-state index in [0.29, 0.717) is 23.6 Å². The van der Waals surface area contributed by atoms with E-state index in [2.05, 4.69) is 5.32 Å². The standard InChI is InChI=1S/C18H16FNO3/c1-2-23-16-9-3-13(4-10-16)17(21)11-12-18(22)20-15-7-5-14(19)6-8-15/h3-12H,2H2,1H3,(H,20,22)/b12-11-. The largest absolute Gasteiger partial charge is 0.494 e. The highest BCUT2D eigenvalue weighted by atomic mass is 19.1. The lowest BCUT2D eigenvalue weighted by atomic mass is 10.1. The molecule has 4 nitrogen and oxygen atoms in total. The number of hydrogen-bond acceptors (Lipinski definition) is 3. The van der Waals surface area contributed by atoms with Crippen LogP contribution in [0.2, 0.25) is 0 Å². The maximum Gasteiger partial charge on any atom is 0.248 e. The minimum Gasteiger partial charge on any atom is -0.494 e. The first kappa shape index (κ1) is 16.4. The Morgan fingerprint density at radius 1 is 1.04 bits per heavy atom. The number of carbonyl (C=O) groups is 2. The molecule has 0 atom stereocenters. The van der Waals surface area contributed by atoms with Crippen molar-refractivity contribution in [2.75, 3.05) is 11.9 Å². The Labute approximate surface area is 133 Å². The number of rotatable bonds is 6. The summed E-state index contributed by atoms with van der Waals surface area (Å²) in [6, 6.07) is 12.0. The van der Waals surface area contributed by atoms with Crippen LogP contribution in [-0.4, -0.2) is 18.3 Å². The summed E-state index contributed by atoms with van der Waals surface area (Å²) in [6.07, 6.45) is 2.33. The molecule has 1 N–H and O–H groups in total. The van der Waals surface area contributed by atoms with Crippen LogP contribution in [0.4, 0.5) is 10.1 Å². The molecule has 0 saturated heterocycles. The number of benzene rings is 2. The number of allylic oxidation sites excluding steroid dienone is 1. The summed E-state index contributed by atoms with van der Waals surface area (Å²) in [5, 5.41) is 2.54. The first-order valence-corrected chi connectivity index (χ1v) is 7.10. The van der Waals surface area contributed by atoms with E-state index in [1.165, 1.54) is 30.3 Å². The van der Waals surface area contributed by atoms with Gasteiger partial charge in [0.15, 0.2) is 5.78 Å². The number of ketones is 1. The summed E-state index contributed by atoms with van der Waals surface area (Å²) in [5.74, 6) is -0.454. The normalized spacial score (nSPS) is 10.5. The van der Waals surface area contributed by atoms with Gasteiger partial charge in [-0.2, -0.15) is 0 Å². The van der Waals surface area contributed by atoms with Gasteiger partial charge in [0.25, 0.3) is 0 Å². The van der Waals surface area contributed by atoms with Gasteiger partial charge in [-0.25, -0.2) is 4.39 Å². The summed E-state index contributed by atoms with van der Waals surface area (Å²) in [7, 11) is 0. The summed E-state index contributed by atoms with van der Waals surface area (Å²) < 4.78 is 18.1. The van der Waals surface area contributed by atoms with E-state index in [1.807, 2.05) is 6.92 Å². The molecule has 2 rings (SSSR count). The molecule has 118 valence electrons. The van der Waals surface area contributed by atoms with Crippen LogP contribution in [0.15, 0.2) is 60.7 Å². The van der Waals surface area contributed by atoms with Gasteiger partial charge in [0.2, 0.25) is 5.91 Å². The number of amides is 1. The van der Waals surface area contributed by atoms with Crippen molar-refractivity contribution in [2.45, 2.75) is 6.92 Å². The van der Waals surface area contributed by atoms with E-state index in [0.717, 1.165) is 6.08 Å². The lowest BCUT2D eigenvalue weighted by Gasteiger charge is -2.03. The van der Waals surface area contributed by atoms with Crippen LogP contribution in [0.25, 0.3) is 0 Å². The first-order valence-electron chi connectivity index (χ1n) is 7.10. The molecular weight excluding hydrogens is 297 g/mol. The quantitative estimate of drug-likeness (QED) is 0.655. The minimum absolute atomic E-state index is 0.290. The highest BCUT2D eigenvalue weighted by Crippen LogP contribution is 2.13.